The lowest BCUT2D eigenvalue weighted by Crippen LogP contribution is -2.51. The van der Waals surface area contributed by atoms with Gasteiger partial charge in [-0.25, -0.2) is 4.79 Å². The van der Waals surface area contributed by atoms with E-state index in [0.717, 1.165) is 37.2 Å². The number of methoxy groups -OCH3 is 1. The number of benzene rings is 1. The van der Waals surface area contributed by atoms with Crippen LogP contribution in [0, 0.1) is 0 Å². The summed E-state index contributed by atoms with van der Waals surface area (Å²) in [5.74, 6) is -0.253. The van der Waals surface area contributed by atoms with Crippen molar-refractivity contribution in [2.24, 2.45) is 0 Å². The van der Waals surface area contributed by atoms with Crippen LogP contribution in [0.15, 0.2) is 29.6 Å². The van der Waals surface area contributed by atoms with Crippen molar-refractivity contribution in [2.45, 2.75) is 37.7 Å². The number of amides is 1. The molecular weight excluding hydrogens is 503 g/mol. The van der Waals surface area contributed by atoms with Crippen molar-refractivity contribution >= 4 is 56.9 Å². The summed E-state index contributed by atoms with van der Waals surface area (Å²) in [6.45, 7) is 1.73. The molecule has 2 heterocycles. The van der Waals surface area contributed by atoms with Crippen LogP contribution < -0.4 is 10.2 Å². The molecule has 1 aliphatic carbocycles. The highest BCUT2D eigenvalue weighted by Gasteiger charge is 2.29. The standard InChI is InChI=1S/C21H23IN2O4S/c1-27-16-10-24(11-16)15-8-6-14(7-9-15)19(25)23-20-18(21(26)28-22)17(12-29-20)13-4-2-3-5-13/h6-9,12-13,16H,2-5,10-11H2,1H3,(H,23,25). The van der Waals surface area contributed by atoms with Gasteiger partial charge in [0.1, 0.15) is 5.00 Å². The number of hydrogen-bond acceptors (Lipinski definition) is 6. The van der Waals surface area contributed by atoms with Gasteiger partial charge in [0, 0.05) is 31.5 Å². The topological polar surface area (TPSA) is 67.9 Å². The van der Waals surface area contributed by atoms with Gasteiger partial charge >= 0.3 is 5.97 Å². The van der Waals surface area contributed by atoms with Gasteiger partial charge in [0.25, 0.3) is 5.91 Å². The van der Waals surface area contributed by atoms with Gasteiger partial charge in [-0.15, -0.1) is 11.3 Å². The second-order valence-electron chi connectivity index (χ2n) is 7.50. The van der Waals surface area contributed by atoms with Crippen LogP contribution in [0.25, 0.3) is 0 Å². The number of anilines is 2. The normalized spacial score (nSPS) is 17.2. The molecule has 29 heavy (non-hydrogen) atoms. The molecule has 2 fully saturated rings. The highest BCUT2D eigenvalue weighted by Crippen LogP contribution is 2.41. The third-order valence-corrected chi connectivity index (χ3v) is 7.11. The molecule has 1 saturated heterocycles. The van der Waals surface area contributed by atoms with Crippen LogP contribution in [0.1, 0.15) is 57.9 Å². The van der Waals surface area contributed by atoms with Crippen molar-refractivity contribution in [3.05, 3.63) is 46.3 Å². The number of thiophene rings is 1. The molecule has 0 bridgehead atoms. The van der Waals surface area contributed by atoms with Crippen LogP contribution in [-0.4, -0.2) is 38.2 Å². The molecule has 1 aromatic heterocycles. The lowest BCUT2D eigenvalue weighted by Gasteiger charge is -2.40. The fraction of sp³-hybridized carbons (Fsp3) is 0.429. The fourth-order valence-corrected chi connectivity index (χ4v) is 5.29. The SMILES string of the molecule is COC1CN(c2ccc(C(=O)Nc3scc(C4CCCC4)c3C(=O)OI)cc2)C1. The molecule has 0 spiro atoms. The highest BCUT2D eigenvalue weighted by molar-refractivity contribution is 14.1. The molecule has 1 aromatic carbocycles. The van der Waals surface area contributed by atoms with Crippen molar-refractivity contribution in [3.63, 3.8) is 0 Å². The zero-order valence-electron chi connectivity index (χ0n) is 16.2. The van der Waals surface area contributed by atoms with E-state index in [1.54, 1.807) is 30.1 Å². The Hall–Kier alpha value is -1.65. The van der Waals surface area contributed by atoms with Gasteiger partial charge in [0.15, 0.2) is 23.0 Å². The predicted octanol–water partition coefficient (Wildman–Crippen LogP) is 5.00. The van der Waals surface area contributed by atoms with Crippen molar-refractivity contribution in [3.8, 4) is 0 Å². The number of carbonyl (C=O) groups is 2. The zero-order chi connectivity index (χ0) is 20.4. The van der Waals surface area contributed by atoms with Gasteiger partial charge < -0.3 is 18.0 Å². The minimum atomic E-state index is -0.398. The Labute approximate surface area is 188 Å². The Morgan fingerprint density at radius 3 is 2.48 bits per heavy atom. The lowest BCUT2D eigenvalue weighted by molar-refractivity contribution is 0.0787. The Morgan fingerprint density at radius 2 is 1.86 bits per heavy atom. The summed E-state index contributed by atoms with van der Waals surface area (Å²) in [5.41, 5.74) is 3.14. The monoisotopic (exact) mass is 526 g/mol. The van der Waals surface area contributed by atoms with E-state index in [2.05, 4.69) is 10.2 Å². The molecule has 2 aliphatic rings. The maximum Gasteiger partial charge on any atom is 0.350 e. The van der Waals surface area contributed by atoms with Gasteiger partial charge in [0.05, 0.1) is 11.7 Å². The van der Waals surface area contributed by atoms with Gasteiger partial charge in [-0.3, -0.25) is 4.79 Å². The Kier molecular flexibility index (Phi) is 6.41. The summed E-state index contributed by atoms with van der Waals surface area (Å²) in [4.78, 5) is 27.4. The van der Waals surface area contributed by atoms with E-state index in [1.807, 2.05) is 29.6 Å². The minimum absolute atomic E-state index is 0.225. The molecule has 154 valence electrons. The van der Waals surface area contributed by atoms with E-state index in [1.165, 1.54) is 24.2 Å². The molecular formula is C21H23IN2O4S. The molecule has 4 rings (SSSR count). The van der Waals surface area contributed by atoms with Crippen molar-refractivity contribution in [1.29, 1.82) is 0 Å². The molecule has 8 heteroatoms. The van der Waals surface area contributed by atoms with E-state index in [4.69, 9.17) is 7.80 Å². The van der Waals surface area contributed by atoms with E-state index < -0.39 is 5.97 Å². The maximum atomic E-state index is 12.8. The van der Waals surface area contributed by atoms with Crippen LogP contribution in [0.4, 0.5) is 10.7 Å². The van der Waals surface area contributed by atoms with Crippen molar-refractivity contribution in [2.75, 3.05) is 30.4 Å². The Bertz CT molecular complexity index is 887. The second-order valence-corrected chi connectivity index (χ2v) is 8.82. The molecule has 0 radical (unpaired) electrons. The number of ether oxygens (including phenoxy) is 1. The van der Waals surface area contributed by atoms with Crippen LogP contribution in [0.2, 0.25) is 0 Å². The zero-order valence-corrected chi connectivity index (χ0v) is 19.1. The summed E-state index contributed by atoms with van der Waals surface area (Å²) >= 11 is 3.00. The second kappa shape index (κ2) is 9.01. The summed E-state index contributed by atoms with van der Waals surface area (Å²) in [5, 5.41) is 5.48. The van der Waals surface area contributed by atoms with E-state index in [9.17, 15) is 9.59 Å². The summed E-state index contributed by atoms with van der Waals surface area (Å²) < 4.78 is 10.3. The first-order valence-electron chi connectivity index (χ1n) is 9.74. The number of nitrogens with zero attached hydrogens (tertiary/aromatic N) is 1. The average Bonchev–Trinajstić information content (AvgIpc) is 3.37. The molecule has 6 nitrogen and oxygen atoms in total. The number of hydrogen-bond donors (Lipinski definition) is 1. The van der Waals surface area contributed by atoms with E-state index >= 15 is 0 Å². The Morgan fingerprint density at radius 1 is 1.17 bits per heavy atom. The summed E-state index contributed by atoms with van der Waals surface area (Å²) in [6, 6.07) is 7.51. The van der Waals surface area contributed by atoms with E-state index in [-0.39, 0.29) is 12.0 Å². The minimum Gasteiger partial charge on any atom is -0.391 e. The molecule has 1 N–H and O–H groups in total. The highest BCUT2D eigenvalue weighted by atomic mass is 127. The quantitative estimate of drug-likeness (QED) is 0.537. The fourth-order valence-electron chi connectivity index (χ4n) is 4.05. The van der Waals surface area contributed by atoms with Crippen LogP contribution in [-0.2, 0) is 7.80 Å². The van der Waals surface area contributed by atoms with Crippen LogP contribution >= 0.6 is 34.3 Å². The van der Waals surface area contributed by atoms with Gasteiger partial charge in [0.2, 0.25) is 0 Å². The van der Waals surface area contributed by atoms with Gasteiger partial charge in [-0.1, -0.05) is 12.8 Å². The molecule has 2 aromatic rings. The predicted molar refractivity (Wildman–Crippen MR) is 122 cm³/mol. The summed E-state index contributed by atoms with van der Waals surface area (Å²) in [6.07, 6.45) is 4.79. The first-order chi connectivity index (χ1) is 14.1. The number of carbonyl (C=O) groups excluding carboxylic acids is 2. The number of rotatable bonds is 6. The maximum absolute atomic E-state index is 12.8. The van der Waals surface area contributed by atoms with Crippen molar-refractivity contribution < 1.29 is 17.4 Å². The number of nitrogens with one attached hydrogen (secondary N) is 1. The van der Waals surface area contributed by atoms with Gasteiger partial charge in [-0.2, -0.15) is 0 Å². The molecule has 0 unspecified atom stereocenters. The first-order valence-corrected chi connectivity index (χ1v) is 11.5. The number of halogens is 1. The first kappa shape index (κ1) is 20.6. The molecule has 1 amide bonds. The van der Waals surface area contributed by atoms with Crippen LogP contribution in [0.3, 0.4) is 0 Å². The Balaban J connectivity index is 1.48. The van der Waals surface area contributed by atoms with Crippen molar-refractivity contribution in [1.82, 2.24) is 0 Å². The lowest BCUT2D eigenvalue weighted by atomic mass is 9.96. The average molecular weight is 526 g/mol. The summed E-state index contributed by atoms with van der Waals surface area (Å²) in [7, 11) is 1.72. The third kappa shape index (κ3) is 4.29. The van der Waals surface area contributed by atoms with Crippen LogP contribution in [0.5, 0.6) is 0 Å². The van der Waals surface area contributed by atoms with E-state index in [0.29, 0.717) is 22.0 Å². The van der Waals surface area contributed by atoms with Gasteiger partial charge in [-0.05, 0) is 54.0 Å². The third-order valence-electron chi connectivity index (χ3n) is 5.79. The molecule has 1 saturated carbocycles. The molecule has 0 atom stereocenters. The smallest absolute Gasteiger partial charge is 0.350 e. The largest absolute Gasteiger partial charge is 0.391 e. The molecule has 1 aliphatic heterocycles.